The van der Waals surface area contributed by atoms with Gasteiger partial charge in [-0.3, -0.25) is 19.3 Å². The van der Waals surface area contributed by atoms with E-state index in [0.717, 1.165) is 11.3 Å². The molecule has 2 fully saturated rings. The van der Waals surface area contributed by atoms with Crippen molar-refractivity contribution >= 4 is 23.7 Å². The average molecular weight is 466 g/mol. The number of aryl methyl sites for hydroxylation is 1. The van der Waals surface area contributed by atoms with Crippen LogP contribution in [0.3, 0.4) is 0 Å². The largest absolute Gasteiger partial charge is 0.456 e. The van der Waals surface area contributed by atoms with Crippen LogP contribution in [-0.4, -0.2) is 53.9 Å². The van der Waals surface area contributed by atoms with Gasteiger partial charge in [-0.1, -0.05) is 32.4 Å². The zero-order chi connectivity index (χ0) is 24.6. The van der Waals surface area contributed by atoms with Crippen LogP contribution in [0.25, 0.3) is 0 Å². The second kappa shape index (κ2) is 9.07. The van der Waals surface area contributed by atoms with Crippen molar-refractivity contribution < 1.29 is 37.4 Å². The summed E-state index contributed by atoms with van der Waals surface area (Å²) < 4.78 is 34.5. The van der Waals surface area contributed by atoms with E-state index in [1.54, 1.807) is 6.92 Å². The van der Waals surface area contributed by atoms with Gasteiger partial charge >= 0.3 is 18.6 Å². The third kappa shape index (κ3) is 5.48. The number of benzene rings is 1. The number of Topliss-reactive ketones (excluding diaryl/α,β-unsaturated/α-hetero) is 1. The molecule has 1 aromatic rings. The molecule has 1 aromatic carbocycles. The zero-order valence-electron chi connectivity index (χ0n) is 19.1. The van der Waals surface area contributed by atoms with E-state index in [4.69, 9.17) is 4.74 Å². The molecule has 3 amide bonds. The fourth-order valence-electron chi connectivity index (χ4n) is 5.11. The highest BCUT2D eigenvalue weighted by Gasteiger charge is 2.56. The summed E-state index contributed by atoms with van der Waals surface area (Å²) in [4.78, 5) is 51.2. The lowest BCUT2D eigenvalue weighted by atomic mass is 9.64. The van der Waals surface area contributed by atoms with Gasteiger partial charge in [0, 0.05) is 0 Å². The lowest BCUT2D eigenvalue weighted by molar-refractivity contribution is -0.147. The van der Waals surface area contributed by atoms with E-state index in [9.17, 15) is 28.0 Å². The number of hydrogen-bond donors (Lipinski definition) is 1. The van der Waals surface area contributed by atoms with E-state index >= 15 is 0 Å². The predicted octanol–water partition coefficient (Wildman–Crippen LogP) is 3.46. The average Bonchev–Trinajstić information content (AvgIpc) is 2.88. The van der Waals surface area contributed by atoms with Gasteiger partial charge in [-0.2, -0.15) is 8.78 Å². The number of halogens is 2. The molecule has 1 saturated heterocycles. The van der Waals surface area contributed by atoms with Gasteiger partial charge in [0.15, 0.2) is 6.61 Å². The molecule has 1 spiro atoms. The molecule has 0 bridgehead atoms. The fraction of sp³-hybridized carbons (Fsp3) is 0.565. The first-order valence-corrected chi connectivity index (χ1v) is 10.7. The third-order valence-electron chi connectivity index (χ3n) is 5.93. The van der Waals surface area contributed by atoms with E-state index in [2.05, 4.69) is 10.1 Å². The number of esters is 1. The molecule has 1 N–H and O–H groups in total. The number of ether oxygens (including phenoxy) is 2. The first-order valence-electron chi connectivity index (χ1n) is 10.7. The van der Waals surface area contributed by atoms with E-state index in [-0.39, 0.29) is 22.6 Å². The van der Waals surface area contributed by atoms with Crippen molar-refractivity contribution in [2.24, 2.45) is 11.3 Å². The molecule has 2 aliphatic rings. The van der Waals surface area contributed by atoms with E-state index in [1.807, 2.05) is 20.8 Å². The Morgan fingerprint density at radius 3 is 2.58 bits per heavy atom. The summed E-state index contributed by atoms with van der Waals surface area (Å²) in [6.07, 6.45) is 1.85. The van der Waals surface area contributed by atoms with Crippen molar-refractivity contribution in [1.29, 1.82) is 0 Å². The molecule has 0 aromatic heterocycles. The molecule has 8 nitrogen and oxygen atoms in total. The quantitative estimate of drug-likeness (QED) is 0.375. The standard InChI is InChI=1S/C23H28F2N2O6/c1-13-5-6-17(33-20(24)25)15(7-13)16(28)11-32-18(29)10-27-19(30)23(26-21(27)31)9-14(2)8-22(3,4)12-23/h5-7,14,20H,8-12H2,1-4H3,(H,26,31). The monoisotopic (exact) mass is 466 g/mol. The van der Waals surface area contributed by atoms with Crippen molar-refractivity contribution in [3.05, 3.63) is 29.3 Å². The molecule has 33 heavy (non-hydrogen) atoms. The van der Waals surface area contributed by atoms with Crippen molar-refractivity contribution in [2.75, 3.05) is 13.2 Å². The summed E-state index contributed by atoms with van der Waals surface area (Å²) >= 11 is 0. The van der Waals surface area contributed by atoms with Crippen molar-refractivity contribution in [3.63, 3.8) is 0 Å². The second-order valence-corrected chi connectivity index (χ2v) is 9.72. The first kappa shape index (κ1) is 24.6. The summed E-state index contributed by atoms with van der Waals surface area (Å²) in [5.41, 5.74) is -0.747. The van der Waals surface area contributed by atoms with Gasteiger partial charge in [0.25, 0.3) is 5.91 Å². The van der Waals surface area contributed by atoms with Crippen molar-refractivity contribution in [2.45, 2.75) is 59.1 Å². The number of nitrogens with one attached hydrogen (secondary N) is 1. The number of nitrogens with zero attached hydrogens (tertiary/aromatic N) is 1. The summed E-state index contributed by atoms with van der Waals surface area (Å²) in [7, 11) is 0. The lowest BCUT2D eigenvalue weighted by Gasteiger charge is -2.43. The SMILES string of the molecule is Cc1ccc(OC(F)F)c(C(=O)COC(=O)CN2C(=O)NC3(CC(C)CC(C)(C)C3)C2=O)c1. The summed E-state index contributed by atoms with van der Waals surface area (Å²) in [5, 5.41) is 2.76. The number of carbonyl (C=O) groups is 4. The lowest BCUT2D eigenvalue weighted by Crippen LogP contribution is -2.54. The van der Waals surface area contributed by atoms with Gasteiger partial charge in [-0.05, 0) is 49.7 Å². The fourth-order valence-corrected chi connectivity index (χ4v) is 5.11. The highest BCUT2D eigenvalue weighted by atomic mass is 19.3. The second-order valence-electron chi connectivity index (χ2n) is 9.72. The molecule has 180 valence electrons. The molecule has 2 atom stereocenters. The minimum atomic E-state index is -3.12. The Hall–Kier alpha value is -3.04. The van der Waals surface area contributed by atoms with Crippen LogP contribution in [0.5, 0.6) is 5.75 Å². The van der Waals surface area contributed by atoms with Crippen LogP contribution in [-0.2, 0) is 14.3 Å². The maximum atomic E-state index is 13.1. The maximum absolute atomic E-state index is 13.1. The van der Waals surface area contributed by atoms with Crippen LogP contribution in [0.2, 0.25) is 0 Å². The van der Waals surface area contributed by atoms with Crippen LogP contribution in [0.15, 0.2) is 18.2 Å². The van der Waals surface area contributed by atoms with E-state index in [0.29, 0.717) is 18.4 Å². The Balaban J connectivity index is 1.64. The predicted molar refractivity (Wildman–Crippen MR) is 113 cm³/mol. The topological polar surface area (TPSA) is 102 Å². The van der Waals surface area contributed by atoms with E-state index < -0.39 is 49.0 Å². The number of carbonyl (C=O) groups excluding carboxylic acids is 4. The molecule has 1 saturated carbocycles. The van der Waals surface area contributed by atoms with Gasteiger partial charge < -0.3 is 14.8 Å². The van der Waals surface area contributed by atoms with E-state index in [1.165, 1.54) is 18.2 Å². The Morgan fingerprint density at radius 1 is 1.24 bits per heavy atom. The first-order chi connectivity index (χ1) is 15.3. The van der Waals surface area contributed by atoms with Crippen LogP contribution in [0.1, 0.15) is 56.0 Å². The Labute approximate surface area is 190 Å². The molecule has 10 heteroatoms. The minimum absolute atomic E-state index is 0.157. The minimum Gasteiger partial charge on any atom is -0.456 e. The van der Waals surface area contributed by atoms with Gasteiger partial charge in [-0.25, -0.2) is 4.79 Å². The van der Waals surface area contributed by atoms with Crippen LogP contribution < -0.4 is 10.1 Å². The maximum Gasteiger partial charge on any atom is 0.387 e. The normalized spacial score (nSPS) is 24.2. The number of rotatable bonds is 7. The highest BCUT2D eigenvalue weighted by Crippen LogP contribution is 2.46. The Kier molecular flexibility index (Phi) is 6.76. The number of amides is 3. The Morgan fingerprint density at radius 2 is 1.94 bits per heavy atom. The van der Waals surface area contributed by atoms with Crippen LogP contribution in [0.4, 0.5) is 13.6 Å². The van der Waals surface area contributed by atoms with Crippen LogP contribution in [0, 0.1) is 18.3 Å². The van der Waals surface area contributed by atoms with Gasteiger partial charge in [0.2, 0.25) is 5.78 Å². The van der Waals surface area contributed by atoms with Crippen LogP contribution >= 0.6 is 0 Å². The van der Waals surface area contributed by atoms with Gasteiger partial charge in [0.05, 0.1) is 5.56 Å². The summed E-state index contributed by atoms with van der Waals surface area (Å²) in [6, 6.07) is 3.40. The van der Waals surface area contributed by atoms with Crippen molar-refractivity contribution in [3.8, 4) is 5.75 Å². The molecular formula is C23H28F2N2O6. The highest BCUT2D eigenvalue weighted by molar-refractivity contribution is 6.09. The molecule has 0 radical (unpaired) electrons. The summed E-state index contributed by atoms with van der Waals surface area (Å²) in [5.74, 6) is -2.32. The number of alkyl halides is 2. The molecule has 2 unspecified atom stereocenters. The third-order valence-corrected chi connectivity index (χ3v) is 5.93. The number of imide groups is 1. The molecule has 1 aliphatic carbocycles. The van der Waals surface area contributed by atoms with Crippen molar-refractivity contribution in [1.82, 2.24) is 10.2 Å². The molecule has 3 rings (SSSR count). The van der Waals surface area contributed by atoms with Gasteiger partial charge in [-0.15, -0.1) is 0 Å². The Bertz CT molecular complexity index is 980. The molecule has 1 aliphatic heterocycles. The molecule has 1 heterocycles. The number of urea groups is 1. The summed E-state index contributed by atoms with van der Waals surface area (Å²) in [6.45, 7) is 3.22. The van der Waals surface area contributed by atoms with Gasteiger partial charge in [0.1, 0.15) is 17.8 Å². The molecular weight excluding hydrogens is 438 g/mol. The number of ketones is 1. The zero-order valence-corrected chi connectivity index (χ0v) is 19.1. The smallest absolute Gasteiger partial charge is 0.387 e. The number of hydrogen-bond acceptors (Lipinski definition) is 6.